The fourth-order valence-electron chi connectivity index (χ4n) is 4.69. The Morgan fingerprint density at radius 1 is 0.264 bits per heavy atom. The van der Waals surface area contributed by atoms with Crippen molar-refractivity contribution in [2.24, 2.45) is 5.41 Å². The minimum Gasteiger partial charge on any atom is -0.222 e. The lowest BCUT2D eigenvalue weighted by Crippen LogP contribution is -2.79. The van der Waals surface area contributed by atoms with E-state index in [4.69, 9.17) is 0 Å². The Morgan fingerprint density at radius 3 is 0.736 bits per heavy atom. The Hall–Kier alpha value is -2.64. The summed E-state index contributed by atoms with van der Waals surface area (Å²) in [5.41, 5.74) is -16.6. The second-order valence-electron chi connectivity index (χ2n) is 10.6. The molecule has 314 valence electrons. The maximum atomic E-state index is 14.6. The molecule has 34 heteroatoms. The van der Waals surface area contributed by atoms with Gasteiger partial charge in [0.1, 0.15) is 0 Å². The first-order valence-corrected chi connectivity index (χ1v) is 11.4. The lowest BCUT2D eigenvalue weighted by molar-refractivity contribution is -0.486. The number of fused-ring (bicyclic) bond motifs is 2. The standard InChI is InChI=1S/C19F34/c20-1-2(21)4(22)5(23,24)3(1,6(25,26)8(4,29)30)7(27,28)9(31,32)10(33,34)11(35,36)12(37,38)13(39,40)14(41,42)15(43,44)16(45,46)17(47,48)18(49,50)19(51,52)53. The molecule has 2 bridgehead atoms. The van der Waals surface area contributed by atoms with Gasteiger partial charge in [-0.05, 0) is 0 Å². The molecular formula is C19F34. The van der Waals surface area contributed by atoms with Crippen molar-refractivity contribution in [3.05, 3.63) is 11.7 Å². The highest BCUT2D eigenvalue weighted by molar-refractivity contribution is 5.53. The fourth-order valence-corrected chi connectivity index (χ4v) is 4.69. The molecule has 0 aromatic carbocycles. The van der Waals surface area contributed by atoms with Gasteiger partial charge in [-0.15, -0.1) is 0 Å². The Labute approximate surface area is 262 Å². The number of rotatable bonds is 11. The molecule has 2 aliphatic rings. The molecule has 0 radical (unpaired) electrons. The van der Waals surface area contributed by atoms with Gasteiger partial charge in [-0.3, -0.25) is 0 Å². The number of halogens is 34. The molecule has 0 nitrogen and oxygen atoms in total. The van der Waals surface area contributed by atoms with Crippen LogP contribution in [0.5, 0.6) is 0 Å². The van der Waals surface area contributed by atoms with Crippen molar-refractivity contribution in [3.8, 4) is 0 Å². The van der Waals surface area contributed by atoms with E-state index >= 15 is 0 Å². The summed E-state index contributed by atoms with van der Waals surface area (Å²) in [6, 6.07) is 0. The van der Waals surface area contributed by atoms with E-state index in [1.807, 2.05) is 0 Å². The third-order valence-corrected chi connectivity index (χ3v) is 7.80. The lowest BCUT2D eigenvalue weighted by atomic mass is 9.69. The van der Waals surface area contributed by atoms with Gasteiger partial charge in [0.2, 0.25) is 5.41 Å². The Kier molecular flexibility index (Phi) is 9.13. The highest BCUT2D eigenvalue weighted by atomic mass is 19.4. The van der Waals surface area contributed by atoms with Crippen molar-refractivity contribution >= 4 is 0 Å². The van der Waals surface area contributed by atoms with Crippen LogP contribution in [0.2, 0.25) is 0 Å². The molecule has 53 heavy (non-hydrogen) atoms. The summed E-state index contributed by atoms with van der Waals surface area (Å²) in [6.45, 7) is 0. The Balaban J connectivity index is 2.96. The number of allylic oxidation sites excluding steroid dienone is 2. The van der Waals surface area contributed by atoms with E-state index in [2.05, 4.69) is 0 Å². The topological polar surface area (TPSA) is 0 Å². The average molecular weight is 874 g/mol. The molecule has 2 aliphatic carbocycles. The maximum absolute atomic E-state index is 14.6. The molecule has 0 heterocycles. The van der Waals surface area contributed by atoms with Crippen molar-refractivity contribution in [2.75, 3.05) is 0 Å². The first kappa shape index (κ1) is 46.5. The summed E-state index contributed by atoms with van der Waals surface area (Å²) in [5, 5.41) is 0. The second-order valence-corrected chi connectivity index (χ2v) is 10.6. The van der Waals surface area contributed by atoms with Crippen LogP contribution in [0.1, 0.15) is 0 Å². The zero-order valence-electron chi connectivity index (χ0n) is 22.4. The molecule has 1 saturated carbocycles. The quantitative estimate of drug-likeness (QED) is 0.182. The molecule has 2 rings (SSSR count). The van der Waals surface area contributed by atoms with E-state index in [0.717, 1.165) is 0 Å². The van der Waals surface area contributed by atoms with E-state index in [1.54, 1.807) is 0 Å². The number of hydrogen-bond acceptors (Lipinski definition) is 0. The van der Waals surface area contributed by atoms with Gasteiger partial charge in [-0.25, -0.2) is 22.0 Å². The smallest absolute Gasteiger partial charge is 0.222 e. The Bertz CT molecular complexity index is 1520. The van der Waals surface area contributed by atoms with Gasteiger partial charge in [-0.2, -0.15) is 127 Å². The van der Waals surface area contributed by atoms with E-state index < -0.39 is 112 Å². The number of alkyl halides is 32. The van der Waals surface area contributed by atoms with Gasteiger partial charge < -0.3 is 0 Å². The van der Waals surface area contributed by atoms with Crippen LogP contribution in [0, 0.1) is 5.41 Å². The SMILES string of the molecule is FC1=C(F)C2(C(F)(F)C(F)(F)C(F)(F)C(F)(F)C(F)(F)C(F)(F)C(F)(F)C(F)(F)C(F)(F)C(F)(F)C(F)(F)C(F)(F)F)C(F)(F)C(F)(F)C1(F)C2(F)F. The number of hydrogen-bond donors (Lipinski definition) is 0. The van der Waals surface area contributed by atoms with Gasteiger partial charge in [0.25, 0.3) is 5.67 Å². The monoisotopic (exact) mass is 874 g/mol. The Morgan fingerprint density at radius 2 is 0.491 bits per heavy atom. The minimum atomic E-state index is -10.3. The van der Waals surface area contributed by atoms with Crippen molar-refractivity contribution < 1.29 is 149 Å². The van der Waals surface area contributed by atoms with Crippen LogP contribution in [0.4, 0.5) is 149 Å². The summed E-state index contributed by atoms with van der Waals surface area (Å²) in [5.74, 6) is -145. The molecule has 0 N–H and O–H groups in total. The zero-order chi connectivity index (χ0) is 43.7. The molecule has 0 aromatic heterocycles. The molecule has 2 unspecified atom stereocenters. The van der Waals surface area contributed by atoms with Crippen molar-refractivity contribution in [1.82, 2.24) is 0 Å². The summed E-state index contributed by atoms with van der Waals surface area (Å²) in [6.07, 6.45) is -8.40. The van der Waals surface area contributed by atoms with Crippen LogP contribution in [0.25, 0.3) is 0 Å². The van der Waals surface area contributed by atoms with E-state index in [-0.39, 0.29) is 0 Å². The van der Waals surface area contributed by atoms with Crippen LogP contribution in [-0.2, 0) is 0 Å². The highest BCUT2D eigenvalue weighted by Gasteiger charge is 3.12. The first-order valence-electron chi connectivity index (χ1n) is 11.4. The van der Waals surface area contributed by atoms with Gasteiger partial charge in [0, 0.05) is 0 Å². The van der Waals surface area contributed by atoms with Crippen LogP contribution in [0.3, 0.4) is 0 Å². The van der Waals surface area contributed by atoms with Crippen LogP contribution in [0.15, 0.2) is 11.7 Å². The molecular weight excluding hydrogens is 874 g/mol. The predicted octanol–water partition coefficient (Wildman–Crippen LogP) is 11.3. The summed E-state index contributed by atoms with van der Waals surface area (Å²) in [7, 11) is 0. The van der Waals surface area contributed by atoms with E-state index in [0.29, 0.717) is 0 Å². The molecule has 1 fully saturated rings. The van der Waals surface area contributed by atoms with Crippen molar-refractivity contribution in [3.63, 3.8) is 0 Å². The van der Waals surface area contributed by atoms with Gasteiger partial charge in [0.05, 0.1) is 0 Å². The second kappa shape index (κ2) is 10.4. The van der Waals surface area contributed by atoms with E-state index in [1.165, 1.54) is 0 Å². The normalized spacial score (nSPS) is 26.8. The summed E-state index contributed by atoms with van der Waals surface area (Å²) >= 11 is 0. The average Bonchev–Trinajstić information content (AvgIpc) is 3.10. The van der Waals surface area contributed by atoms with E-state index in [9.17, 15) is 149 Å². The fraction of sp³-hybridized carbons (Fsp3) is 0.895. The van der Waals surface area contributed by atoms with Gasteiger partial charge >= 0.3 is 89.1 Å². The van der Waals surface area contributed by atoms with Crippen molar-refractivity contribution in [1.29, 1.82) is 0 Å². The molecule has 0 saturated heterocycles. The zero-order valence-corrected chi connectivity index (χ0v) is 22.4. The minimum absolute atomic E-state index is 5.11. The molecule has 2 atom stereocenters. The van der Waals surface area contributed by atoms with Crippen LogP contribution < -0.4 is 0 Å². The highest BCUT2D eigenvalue weighted by Crippen LogP contribution is 2.85. The maximum Gasteiger partial charge on any atom is 0.460 e. The third kappa shape index (κ3) is 4.00. The largest absolute Gasteiger partial charge is 0.460 e. The molecule has 0 aromatic rings. The van der Waals surface area contributed by atoms with Gasteiger partial charge in [-0.1, -0.05) is 0 Å². The van der Waals surface area contributed by atoms with Gasteiger partial charge in [0.15, 0.2) is 11.7 Å². The summed E-state index contributed by atoms with van der Waals surface area (Å²) < 4.78 is 466. The van der Waals surface area contributed by atoms with Crippen molar-refractivity contribution in [2.45, 2.75) is 94.8 Å². The lowest BCUT2D eigenvalue weighted by Gasteiger charge is -2.48. The molecule has 0 aliphatic heterocycles. The van der Waals surface area contributed by atoms with Crippen LogP contribution in [-0.4, -0.2) is 94.8 Å². The first-order chi connectivity index (χ1) is 22.3. The summed E-state index contributed by atoms with van der Waals surface area (Å²) in [4.78, 5) is 0. The third-order valence-electron chi connectivity index (χ3n) is 7.80. The molecule has 0 spiro atoms. The van der Waals surface area contributed by atoms with Crippen LogP contribution >= 0.6 is 0 Å². The predicted molar refractivity (Wildman–Crippen MR) is 90.8 cm³/mol. The molecule has 0 amide bonds.